The van der Waals surface area contributed by atoms with Crippen LogP contribution in [0.5, 0.6) is 0 Å². The van der Waals surface area contributed by atoms with Crippen molar-refractivity contribution in [3.8, 4) is 11.4 Å². The predicted octanol–water partition coefficient (Wildman–Crippen LogP) is 2.27. The summed E-state index contributed by atoms with van der Waals surface area (Å²) in [6.45, 7) is 0.918. The molecule has 0 unspecified atom stereocenters. The molecule has 1 fully saturated rings. The van der Waals surface area contributed by atoms with Gasteiger partial charge < -0.3 is 13.8 Å². The molecule has 0 bridgehead atoms. The lowest BCUT2D eigenvalue weighted by Gasteiger charge is -2.37. The summed E-state index contributed by atoms with van der Waals surface area (Å²) in [5.74, 6) is 0.390. The quantitative estimate of drug-likeness (QED) is 0.542. The first kappa shape index (κ1) is 16.5. The molecule has 0 radical (unpaired) electrons. The first-order valence-electron chi connectivity index (χ1n) is 8.94. The fraction of sp³-hybridized carbons (Fsp3) is 0.200. The Bertz CT molecular complexity index is 1200. The lowest BCUT2D eigenvalue weighted by Crippen LogP contribution is -2.50. The van der Waals surface area contributed by atoms with E-state index in [1.54, 1.807) is 29.2 Å². The summed E-state index contributed by atoms with van der Waals surface area (Å²) in [7, 11) is 0. The molecule has 0 spiro atoms. The van der Waals surface area contributed by atoms with Crippen LogP contribution in [-0.4, -0.2) is 38.6 Å². The van der Waals surface area contributed by atoms with Gasteiger partial charge in [-0.1, -0.05) is 47.6 Å². The molecule has 4 aromatic rings. The van der Waals surface area contributed by atoms with E-state index in [9.17, 15) is 9.59 Å². The second-order valence-electron chi connectivity index (χ2n) is 6.74. The molecule has 1 saturated heterocycles. The number of hydrogen-bond donors (Lipinski definition) is 0. The van der Waals surface area contributed by atoms with Gasteiger partial charge in [-0.15, -0.1) is 0 Å². The van der Waals surface area contributed by atoms with Crippen LogP contribution < -0.4 is 5.76 Å². The van der Waals surface area contributed by atoms with E-state index in [4.69, 9.17) is 8.94 Å². The molecule has 1 aliphatic heterocycles. The zero-order chi connectivity index (χ0) is 19.1. The summed E-state index contributed by atoms with van der Waals surface area (Å²) in [4.78, 5) is 30.7. The number of carbonyl (C=O) groups is 1. The number of amides is 1. The number of likely N-dealkylation sites (tertiary alicyclic amines) is 1. The maximum Gasteiger partial charge on any atom is 0.420 e. The van der Waals surface area contributed by atoms with Crippen LogP contribution >= 0.6 is 0 Å². The van der Waals surface area contributed by atoms with E-state index in [1.807, 2.05) is 30.3 Å². The molecule has 0 atom stereocenters. The highest BCUT2D eigenvalue weighted by Gasteiger charge is 2.36. The van der Waals surface area contributed by atoms with Gasteiger partial charge in [-0.3, -0.25) is 9.36 Å². The highest BCUT2D eigenvalue weighted by Crippen LogP contribution is 2.28. The van der Waals surface area contributed by atoms with E-state index in [2.05, 4.69) is 10.1 Å². The number of para-hydroxylation sites is 2. The number of carbonyl (C=O) groups excluding carboxylic acids is 1. The van der Waals surface area contributed by atoms with Crippen LogP contribution in [0.3, 0.4) is 0 Å². The Labute approximate surface area is 159 Å². The Balaban J connectivity index is 1.26. The molecule has 2 aromatic carbocycles. The Morgan fingerprint density at radius 3 is 2.64 bits per heavy atom. The van der Waals surface area contributed by atoms with Gasteiger partial charge in [-0.25, -0.2) is 4.79 Å². The maximum absolute atomic E-state index is 12.6. The van der Waals surface area contributed by atoms with Gasteiger partial charge in [0.1, 0.15) is 6.54 Å². The van der Waals surface area contributed by atoms with E-state index in [0.717, 1.165) is 5.56 Å². The van der Waals surface area contributed by atoms with Crippen LogP contribution in [0.25, 0.3) is 22.5 Å². The van der Waals surface area contributed by atoms with Crippen LogP contribution in [0.1, 0.15) is 11.8 Å². The van der Waals surface area contributed by atoms with Crippen LogP contribution in [-0.2, 0) is 11.3 Å². The van der Waals surface area contributed by atoms with Crippen molar-refractivity contribution >= 4 is 17.0 Å². The van der Waals surface area contributed by atoms with Crippen molar-refractivity contribution in [1.29, 1.82) is 0 Å². The second-order valence-corrected chi connectivity index (χ2v) is 6.74. The van der Waals surface area contributed by atoms with Gasteiger partial charge in [0, 0.05) is 18.7 Å². The Hall–Kier alpha value is -3.68. The molecule has 5 rings (SSSR count). The lowest BCUT2D eigenvalue weighted by atomic mass is 10.00. The van der Waals surface area contributed by atoms with Crippen molar-refractivity contribution in [3.05, 3.63) is 71.0 Å². The molecule has 8 nitrogen and oxygen atoms in total. The van der Waals surface area contributed by atoms with Gasteiger partial charge in [0.15, 0.2) is 5.58 Å². The molecule has 3 heterocycles. The Kier molecular flexibility index (Phi) is 3.82. The van der Waals surface area contributed by atoms with Crippen molar-refractivity contribution in [2.24, 2.45) is 0 Å². The third kappa shape index (κ3) is 2.79. The molecular formula is C20H16N4O4. The third-order valence-corrected chi connectivity index (χ3v) is 4.92. The molecule has 8 heteroatoms. The molecule has 0 aliphatic carbocycles. The van der Waals surface area contributed by atoms with E-state index in [1.165, 1.54) is 4.57 Å². The minimum Gasteiger partial charge on any atom is -0.408 e. The summed E-state index contributed by atoms with van der Waals surface area (Å²) >= 11 is 0. The fourth-order valence-electron chi connectivity index (χ4n) is 3.34. The van der Waals surface area contributed by atoms with Crippen LogP contribution in [0.15, 0.2) is 68.3 Å². The standard InChI is InChI=1S/C20H16N4O4/c25-17(12-24-15-8-4-5-9-16(15)27-20(24)26)23-10-14(11-23)19-21-18(22-28-19)13-6-2-1-3-7-13/h1-9,14H,10-12H2. The molecule has 1 amide bonds. The number of oxazole rings is 1. The number of aromatic nitrogens is 3. The summed E-state index contributed by atoms with van der Waals surface area (Å²) in [5, 5.41) is 4.02. The number of benzene rings is 2. The normalized spacial score (nSPS) is 14.4. The minimum absolute atomic E-state index is 0.00623. The molecule has 28 heavy (non-hydrogen) atoms. The molecule has 140 valence electrons. The summed E-state index contributed by atoms with van der Waals surface area (Å²) in [6, 6.07) is 16.6. The molecule has 0 saturated carbocycles. The van der Waals surface area contributed by atoms with Crippen LogP contribution in [0.2, 0.25) is 0 Å². The summed E-state index contributed by atoms with van der Waals surface area (Å²) < 4.78 is 11.9. The van der Waals surface area contributed by atoms with Crippen molar-refractivity contribution < 1.29 is 13.7 Å². The SMILES string of the molecule is O=C(Cn1c(=O)oc2ccccc21)N1CC(c2nc(-c3ccccc3)no2)C1. The monoisotopic (exact) mass is 376 g/mol. The molecule has 2 aromatic heterocycles. The van der Waals surface area contributed by atoms with Crippen molar-refractivity contribution in [3.63, 3.8) is 0 Å². The topological polar surface area (TPSA) is 94.4 Å². The average molecular weight is 376 g/mol. The average Bonchev–Trinajstić information content (AvgIpc) is 3.27. The number of nitrogens with zero attached hydrogens (tertiary/aromatic N) is 4. The molecule has 0 N–H and O–H groups in total. The minimum atomic E-state index is -0.531. The maximum atomic E-state index is 12.6. The highest BCUT2D eigenvalue weighted by molar-refractivity contribution is 5.80. The van der Waals surface area contributed by atoms with E-state index in [-0.39, 0.29) is 18.4 Å². The zero-order valence-electron chi connectivity index (χ0n) is 14.8. The van der Waals surface area contributed by atoms with Crippen molar-refractivity contribution in [1.82, 2.24) is 19.6 Å². The Morgan fingerprint density at radius 2 is 1.82 bits per heavy atom. The van der Waals surface area contributed by atoms with Gasteiger partial charge in [-0.05, 0) is 12.1 Å². The van der Waals surface area contributed by atoms with Gasteiger partial charge >= 0.3 is 5.76 Å². The summed E-state index contributed by atoms with van der Waals surface area (Å²) in [6.07, 6.45) is 0. The molecule has 1 aliphatic rings. The van der Waals surface area contributed by atoms with Gasteiger partial charge in [0.25, 0.3) is 0 Å². The predicted molar refractivity (Wildman–Crippen MR) is 99.5 cm³/mol. The molecular weight excluding hydrogens is 360 g/mol. The first-order valence-corrected chi connectivity index (χ1v) is 8.94. The third-order valence-electron chi connectivity index (χ3n) is 4.92. The second kappa shape index (κ2) is 6.49. The van der Waals surface area contributed by atoms with E-state index in [0.29, 0.717) is 35.9 Å². The van der Waals surface area contributed by atoms with Gasteiger partial charge in [0.05, 0.1) is 11.4 Å². The highest BCUT2D eigenvalue weighted by atomic mass is 16.5. The lowest BCUT2D eigenvalue weighted by molar-refractivity contribution is -0.136. The number of hydrogen-bond acceptors (Lipinski definition) is 6. The van der Waals surface area contributed by atoms with Crippen molar-refractivity contribution in [2.75, 3.05) is 13.1 Å². The van der Waals surface area contributed by atoms with Gasteiger partial charge in [-0.2, -0.15) is 4.98 Å². The van der Waals surface area contributed by atoms with E-state index < -0.39 is 5.76 Å². The number of rotatable bonds is 4. The summed E-state index contributed by atoms with van der Waals surface area (Å²) in [5.41, 5.74) is 1.97. The largest absolute Gasteiger partial charge is 0.420 e. The fourth-order valence-corrected chi connectivity index (χ4v) is 3.34. The number of fused-ring (bicyclic) bond motifs is 1. The Morgan fingerprint density at radius 1 is 1.07 bits per heavy atom. The van der Waals surface area contributed by atoms with Crippen LogP contribution in [0, 0.1) is 0 Å². The zero-order valence-corrected chi connectivity index (χ0v) is 14.8. The van der Waals surface area contributed by atoms with E-state index >= 15 is 0 Å². The van der Waals surface area contributed by atoms with Crippen molar-refractivity contribution in [2.45, 2.75) is 12.5 Å². The first-order chi connectivity index (χ1) is 13.7. The van der Waals surface area contributed by atoms with Crippen LogP contribution in [0.4, 0.5) is 0 Å². The smallest absolute Gasteiger partial charge is 0.408 e. The van der Waals surface area contributed by atoms with Gasteiger partial charge in [0.2, 0.25) is 17.6 Å².